The Hall–Kier alpha value is -0.740. The summed E-state index contributed by atoms with van der Waals surface area (Å²) in [7, 11) is 0. The van der Waals surface area contributed by atoms with Gasteiger partial charge in [-0.05, 0) is 6.42 Å². The third kappa shape index (κ3) is 4.64. The lowest BCUT2D eigenvalue weighted by Crippen LogP contribution is -2.20. The minimum Gasteiger partial charge on any atom is -0.481 e. The first kappa shape index (κ1) is 10.3. The molecule has 0 saturated carbocycles. The first-order valence-corrected chi connectivity index (χ1v) is 3.12. The minimum atomic E-state index is -4.27. The Labute approximate surface area is 62.0 Å². The fourth-order valence-corrected chi connectivity index (χ4v) is 0.504. The van der Waals surface area contributed by atoms with Crippen LogP contribution in [0.1, 0.15) is 19.8 Å². The molecule has 0 rings (SSSR count). The molecule has 0 radical (unpaired) electrons. The predicted molar refractivity (Wildman–Crippen MR) is 32.1 cm³/mol. The summed E-state index contributed by atoms with van der Waals surface area (Å²) in [6, 6.07) is 0. The molecule has 0 amide bonds. The topological polar surface area (TPSA) is 37.3 Å². The fourth-order valence-electron chi connectivity index (χ4n) is 0.504. The van der Waals surface area contributed by atoms with Crippen molar-refractivity contribution in [2.75, 3.05) is 0 Å². The highest BCUT2D eigenvalue weighted by Crippen LogP contribution is 2.28. The van der Waals surface area contributed by atoms with Gasteiger partial charge in [-0.2, -0.15) is 13.2 Å². The van der Waals surface area contributed by atoms with Gasteiger partial charge in [-0.3, -0.25) is 4.79 Å². The van der Waals surface area contributed by atoms with Gasteiger partial charge < -0.3 is 5.11 Å². The second kappa shape index (κ2) is 3.59. The maximum Gasteiger partial charge on any atom is 0.391 e. The maximum absolute atomic E-state index is 11.7. The van der Waals surface area contributed by atoms with Crippen LogP contribution in [0, 0.1) is 5.92 Å². The van der Waals surface area contributed by atoms with Gasteiger partial charge in [-0.25, -0.2) is 0 Å². The Morgan fingerprint density at radius 3 is 2.27 bits per heavy atom. The number of alkyl halides is 3. The highest BCUT2D eigenvalue weighted by molar-refractivity contribution is 5.66. The van der Waals surface area contributed by atoms with Gasteiger partial charge >= 0.3 is 12.1 Å². The van der Waals surface area contributed by atoms with Crippen LogP contribution in [0.4, 0.5) is 13.2 Å². The van der Waals surface area contributed by atoms with Crippen LogP contribution in [0.25, 0.3) is 0 Å². The van der Waals surface area contributed by atoms with Crippen molar-refractivity contribution in [3.05, 3.63) is 0 Å². The second-order valence-electron chi connectivity index (χ2n) is 2.38. The number of halogens is 3. The third-order valence-corrected chi connectivity index (χ3v) is 1.35. The molecule has 0 heterocycles. The van der Waals surface area contributed by atoms with Gasteiger partial charge in [0.2, 0.25) is 0 Å². The number of hydrogen-bond acceptors (Lipinski definition) is 1. The molecule has 1 N–H and O–H groups in total. The normalized spacial score (nSPS) is 14.5. The van der Waals surface area contributed by atoms with Crippen molar-refractivity contribution >= 4 is 5.97 Å². The summed E-state index contributed by atoms with van der Waals surface area (Å²) in [5, 5.41) is 8.06. The third-order valence-electron chi connectivity index (χ3n) is 1.35. The van der Waals surface area contributed by atoms with E-state index in [-0.39, 0.29) is 6.42 Å². The standard InChI is InChI=1S/C6H9F3O2/c1-4(6(7,8)9)2-3-5(10)11/h4H,2-3H2,1H3,(H,10,11). The Kier molecular flexibility index (Phi) is 3.35. The van der Waals surface area contributed by atoms with E-state index in [4.69, 9.17) is 5.11 Å². The number of carbonyl (C=O) groups is 1. The Balaban J connectivity index is 3.70. The van der Waals surface area contributed by atoms with Crippen molar-refractivity contribution in [1.29, 1.82) is 0 Å². The summed E-state index contributed by atoms with van der Waals surface area (Å²) in [6.07, 6.45) is -5.05. The summed E-state index contributed by atoms with van der Waals surface area (Å²) < 4.78 is 35.1. The highest BCUT2D eigenvalue weighted by Gasteiger charge is 2.35. The zero-order valence-electron chi connectivity index (χ0n) is 5.98. The molecule has 0 aromatic rings. The van der Waals surface area contributed by atoms with Crippen LogP contribution in [0.2, 0.25) is 0 Å². The van der Waals surface area contributed by atoms with Gasteiger partial charge in [0, 0.05) is 6.42 Å². The number of carboxylic acids is 1. The SMILES string of the molecule is CC(CCC(=O)O)C(F)(F)F. The van der Waals surface area contributed by atoms with E-state index >= 15 is 0 Å². The molecule has 0 aromatic carbocycles. The average Bonchev–Trinajstić information content (AvgIpc) is 1.80. The summed E-state index contributed by atoms with van der Waals surface area (Å²) in [6.45, 7) is 0.975. The zero-order chi connectivity index (χ0) is 9.07. The van der Waals surface area contributed by atoms with Crippen LogP contribution in [0.3, 0.4) is 0 Å². The van der Waals surface area contributed by atoms with E-state index < -0.39 is 24.5 Å². The van der Waals surface area contributed by atoms with Crippen LogP contribution in [-0.2, 0) is 4.79 Å². The minimum absolute atomic E-state index is 0.348. The van der Waals surface area contributed by atoms with Crippen molar-refractivity contribution in [2.45, 2.75) is 25.9 Å². The van der Waals surface area contributed by atoms with Gasteiger partial charge in [0.1, 0.15) is 0 Å². The molecule has 0 saturated heterocycles. The lowest BCUT2D eigenvalue weighted by atomic mass is 10.1. The summed E-state index contributed by atoms with van der Waals surface area (Å²) in [4.78, 5) is 9.86. The van der Waals surface area contributed by atoms with Crippen molar-refractivity contribution in [3.8, 4) is 0 Å². The highest BCUT2D eigenvalue weighted by atomic mass is 19.4. The molecule has 0 aliphatic rings. The molecular formula is C6H9F3O2. The van der Waals surface area contributed by atoms with Crippen molar-refractivity contribution in [3.63, 3.8) is 0 Å². The molecule has 0 spiro atoms. The Morgan fingerprint density at radius 1 is 1.55 bits per heavy atom. The molecule has 0 fully saturated rings. The molecule has 0 aromatic heterocycles. The molecule has 11 heavy (non-hydrogen) atoms. The van der Waals surface area contributed by atoms with E-state index in [1.165, 1.54) is 0 Å². The largest absolute Gasteiger partial charge is 0.481 e. The second-order valence-corrected chi connectivity index (χ2v) is 2.38. The van der Waals surface area contributed by atoms with Crippen LogP contribution in [0.15, 0.2) is 0 Å². The average molecular weight is 170 g/mol. The van der Waals surface area contributed by atoms with Crippen LogP contribution in [0.5, 0.6) is 0 Å². The smallest absolute Gasteiger partial charge is 0.391 e. The van der Waals surface area contributed by atoms with E-state index in [0.29, 0.717) is 0 Å². The number of aliphatic carboxylic acids is 1. The van der Waals surface area contributed by atoms with Crippen LogP contribution < -0.4 is 0 Å². The summed E-state index contributed by atoms with van der Waals surface area (Å²) in [5.74, 6) is -2.72. The van der Waals surface area contributed by atoms with E-state index in [2.05, 4.69) is 0 Å². The van der Waals surface area contributed by atoms with Gasteiger partial charge in [-0.1, -0.05) is 6.92 Å². The van der Waals surface area contributed by atoms with E-state index in [1.54, 1.807) is 0 Å². The van der Waals surface area contributed by atoms with E-state index in [9.17, 15) is 18.0 Å². The lowest BCUT2D eigenvalue weighted by Gasteiger charge is -2.13. The lowest BCUT2D eigenvalue weighted by molar-refractivity contribution is -0.172. The fraction of sp³-hybridized carbons (Fsp3) is 0.833. The number of rotatable bonds is 3. The van der Waals surface area contributed by atoms with E-state index in [1.807, 2.05) is 0 Å². The molecule has 0 aliphatic heterocycles. The summed E-state index contributed by atoms with van der Waals surface area (Å²) in [5.41, 5.74) is 0. The monoisotopic (exact) mass is 170 g/mol. The maximum atomic E-state index is 11.7. The van der Waals surface area contributed by atoms with Gasteiger partial charge in [0.15, 0.2) is 0 Å². The molecule has 0 bridgehead atoms. The quantitative estimate of drug-likeness (QED) is 0.703. The molecule has 0 aliphatic carbocycles. The molecule has 1 atom stereocenters. The van der Waals surface area contributed by atoms with Gasteiger partial charge in [0.25, 0.3) is 0 Å². The van der Waals surface area contributed by atoms with E-state index in [0.717, 1.165) is 6.92 Å². The Bertz CT molecular complexity index is 141. The van der Waals surface area contributed by atoms with Gasteiger partial charge in [0.05, 0.1) is 5.92 Å². The van der Waals surface area contributed by atoms with Crippen molar-refractivity contribution in [1.82, 2.24) is 0 Å². The van der Waals surface area contributed by atoms with Crippen molar-refractivity contribution < 1.29 is 23.1 Å². The van der Waals surface area contributed by atoms with Gasteiger partial charge in [-0.15, -0.1) is 0 Å². The molecule has 1 unspecified atom stereocenters. The first-order valence-electron chi connectivity index (χ1n) is 3.12. The molecule has 66 valence electrons. The zero-order valence-corrected chi connectivity index (χ0v) is 5.98. The summed E-state index contributed by atoms with van der Waals surface area (Å²) >= 11 is 0. The Morgan fingerprint density at radius 2 is 2.00 bits per heavy atom. The van der Waals surface area contributed by atoms with Crippen molar-refractivity contribution in [2.24, 2.45) is 5.92 Å². The molecule has 5 heteroatoms. The number of carboxylic acid groups (broad SMARTS) is 1. The van der Waals surface area contributed by atoms with Crippen LogP contribution in [-0.4, -0.2) is 17.3 Å². The first-order chi connectivity index (χ1) is 4.84. The van der Waals surface area contributed by atoms with Crippen LogP contribution >= 0.6 is 0 Å². The predicted octanol–water partition coefficient (Wildman–Crippen LogP) is 2.05. The molecule has 2 nitrogen and oxygen atoms in total. The number of hydrogen-bond donors (Lipinski definition) is 1. The molecular weight excluding hydrogens is 161 g/mol.